The van der Waals surface area contributed by atoms with E-state index < -0.39 is 0 Å². The van der Waals surface area contributed by atoms with Gasteiger partial charge in [0.15, 0.2) is 5.78 Å². The molecule has 2 nitrogen and oxygen atoms in total. The van der Waals surface area contributed by atoms with Crippen molar-refractivity contribution in [3.05, 3.63) is 99.6 Å². The zero-order valence-electron chi connectivity index (χ0n) is 15.1. The van der Waals surface area contributed by atoms with E-state index in [9.17, 15) is 4.79 Å². The summed E-state index contributed by atoms with van der Waals surface area (Å²) in [6, 6.07) is 22.1. The van der Waals surface area contributed by atoms with Crippen LogP contribution in [0.1, 0.15) is 38.5 Å². The Kier molecular flexibility index (Phi) is 3.84. The number of nitrogens with one attached hydrogen (secondary N) is 1. The maximum Gasteiger partial charge on any atom is 0.185 e. The number of aryl methyl sites for hydroxylation is 1. The number of carbonyl (C=O) groups excluding carboxylic acids is 1. The minimum absolute atomic E-state index is 0.140. The molecule has 5 rings (SSSR count). The molecule has 27 heavy (non-hydrogen) atoms. The van der Waals surface area contributed by atoms with Crippen LogP contribution < -0.4 is 5.32 Å². The van der Waals surface area contributed by atoms with Crippen LogP contribution in [0.3, 0.4) is 0 Å². The van der Waals surface area contributed by atoms with Crippen molar-refractivity contribution in [3.8, 4) is 0 Å². The van der Waals surface area contributed by atoms with Crippen LogP contribution in [0.15, 0.2) is 66.7 Å². The monoisotopic (exact) mass is 373 g/mol. The summed E-state index contributed by atoms with van der Waals surface area (Å²) < 4.78 is 0. The molecule has 0 bridgehead atoms. The maximum atomic E-state index is 13.4. The Morgan fingerprint density at radius 2 is 1.78 bits per heavy atom. The number of Topliss-reactive ketones (excluding diaryl/α,β-unsaturated/α-hetero) is 1. The van der Waals surface area contributed by atoms with Crippen LogP contribution in [0.5, 0.6) is 0 Å². The van der Waals surface area contributed by atoms with Crippen LogP contribution in [0.2, 0.25) is 5.02 Å². The van der Waals surface area contributed by atoms with Crippen LogP contribution in [-0.4, -0.2) is 11.8 Å². The number of carbonyl (C=O) groups is 1. The van der Waals surface area contributed by atoms with Gasteiger partial charge >= 0.3 is 0 Å². The van der Waals surface area contributed by atoms with E-state index in [1.807, 2.05) is 12.1 Å². The van der Waals surface area contributed by atoms with Gasteiger partial charge in [0, 0.05) is 28.1 Å². The molecule has 3 heteroatoms. The second-order valence-electron chi connectivity index (χ2n) is 7.63. The van der Waals surface area contributed by atoms with Gasteiger partial charge in [0.05, 0.1) is 6.04 Å². The molecule has 0 fully saturated rings. The molecular weight excluding hydrogens is 354 g/mol. The van der Waals surface area contributed by atoms with E-state index in [-0.39, 0.29) is 23.7 Å². The van der Waals surface area contributed by atoms with Crippen molar-refractivity contribution < 1.29 is 4.79 Å². The minimum atomic E-state index is -0.237. The summed E-state index contributed by atoms with van der Waals surface area (Å²) in [6.45, 7) is 2.13. The van der Waals surface area contributed by atoms with E-state index in [4.69, 9.17) is 11.6 Å². The average molecular weight is 374 g/mol. The Bertz CT molecular complexity index is 1040. The van der Waals surface area contributed by atoms with Gasteiger partial charge in [-0.3, -0.25) is 4.79 Å². The highest BCUT2D eigenvalue weighted by molar-refractivity contribution is 6.30. The Labute approximate surface area is 164 Å². The zero-order chi connectivity index (χ0) is 18.5. The Balaban J connectivity index is 1.62. The summed E-state index contributed by atoms with van der Waals surface area (Å²) in [4.78, 5) is 13.4. The number of ketones is 1. The van der Waals surface area contributed by atoms with Crippen molar-refractivity contribution in [2.45, 2.75) is 25.3 Å². The van der Waals surface area contributed by atoms with Gasteiger partial charge in [-0.15, -0.1) is 0 Å². The van der Waals surface area contributed by atoms with Crippen molar-refractivity contribution in [3.63, 3.8) is 0 Å². The van der Waals surface area contributed by atoms with E-state index in [0.717, 1.165) is 12.1 Å². The largest absolute Gasteiger partial charge is 0.374 e. The highest BCUT2D eigenvalue weighted by atomic mass is 35.5. The standard InChI is InChI=1S/C24H20ClNO/c1-14-6-11-21-19(12-14)22-18-5-3-2-4-16(18)13-20(22)23(26-21)24(27)15-7-9-17(25)10-8-15/h2-12,20,22-23,26H,13H2,1H3/t20-,22-,23+/m0/s1. The molecule has 1 heterocycles. The first-order chi connectivity index (χ1) is 13.1. The topological polar surface area (TPSA) is 29.1 Å². The van der Waals surface area contributed by atoms with Crippen molar-refractivity contribution in [1.29, 1.82) is 0 Å². The molecule has 0 aromatic heterocycles. The molecule has 0 saturated heterocycles. The normalized spacial score (nSPS) is 22.4. The average Bonchev–Trinajstić information content (AvgIpc) is 3.07. The third-order valence-corrected chi connectivity index (χ3v) is 6.22. The number of halogens is 1. The summed E-state index contributed by atoms with van der Waals surface area (Å²) in [7, 11) is 0. The Hall–Kier alpha value is -2.58. The molecule has 0 unspecified atom stereocenters. The van der Waals surface area contributed by atoms with Gasteiger partial charge in [-0.1, -0.05) is 53.6 Å². The molecule has 134 valence electrons. The number of anilines is 1. The maximum absolute atomic E-state index is 13.4. The molecular formula is C24H20ClNO. The van der Waals surface area contributed by atoms with Crippen LogP contribution in [0.25, 0.3) is 0 Å². The summed E-state index contributed by atoms with van der Waals surface area (Å²) in [5.41, 5.74) is 7.07. The summed E-state index contributed by atoms with van der Waals surface area (Å²) in [6.07, 6.45) is 0.922. The lowest BCUT2D eigenvalue weighted by Gasteiger charge is -2.37. The molecule has 1 N–H and O–H groups in total. The van der Waals surface area contributed by atoms with Crippen LogP contribution in [-0.2, 0) is 6.42 Å². The smallest absolute Gasteiger partial charge is 0.185 e. The van der Waals surface area contributed by atoms with Gasteiger partial charge in [0.2, 0.25) is 0 Å². The Morgan fingerprint density at radius 3 is 2.59 bits per heavy atom. The minimum Gasteiger partial charge on any atom is -0.374 e. The quantitative estimate of drug-likeness (QED) is 0.590. The molecule has 0 amide bonds. The molecule has 0 saturated carbocycles. The number of rotatable bonds is 2. The predicted octanol–water partition coefficient (Wildman–Crippen LogP) is 5.63. The van der Waals surface area contributed by atoms with Crippen LogP contribution >= 0.6 is 11.6 Å². The molecule has 0 spiro atoms. The summed E-state index contributed by atoms with van der Waals surface area (Å²) >= 11 is 6.01. The SMILES string of the molecule is Cc1ccc2c(c1)[C@@H]1c3ccccc3C[C@@H]1[C@H](C(=O)c1ccc(Cl)cc1)N2. The second kappa shape index (κ2) is 6.24. The highest BCUT2D eigenvalue weighted by Crippen LogP contribution is 2.50. The van der Waals surface area contributed by atoms with Gasteiger partial charge in [-0.2, -0.15) is 0 Å². The second-order valence-corrected chi connectivity index (χ2v) is 8.06. The molecule has 0 radical (unpaired) electrons. The van der Waals surface area contributed by atoms with Crippen LogP contribution in [0, 0.1) is 12.8 Å². The Morgan fingerprint density at radius 1 is 1.00 bits per heavy atom. The molecule has 2 aliphatic rings. The first-order valence-electron chi connectivity index (χ1n) is 9.36. The lowest BCUT2D eigenvalue weighted by atomic mass is 9.75. The van der Waals surface area contributed by atoms with Gasteiger partial charge in [-0.05, 0) is 60.4 Å². The fraction of sp³-hybridized carbons (Fsp3) is 0.208. The predicted molar refractivity (Wildman–Crippen MR) is 110 cm³/mol. The fourth-order valence-corrected chi connectivity index (χ4v) is 4.86. The number of hydrogen-bond donors (Lipinski definition) is 1. The van der Waals surface area contributed by atoms with E-state index in [1.54, 1.807) is 12.1 Å². The van der Waals surface area contributed by atoms with Crippen molar-refractivity contribution in [2.24, 2.45) is 5.92 Å². The van der Waals surface area contributed by atoms with E-state index >= 15 is 0 Å². The van der Waals surface area contributed by atoms with E-state index in [1.165, 1.54) is 22.3 Å². The lowest BCUT2D eigenvalue weighted by Crippen LogP contribution is -2.42. The molecule has 3 aromatic carbocycles. The third-order valence-electron chi connectivity index (χ3n) is 5.97. The number of benzene rings is 3. The number of hydrogen-bond acceptors (Lipinski definition) is 2. The first kappa shape index (κ1) is 16.6. The molecule has 1 aliphatic carbocycles. The van der Waals surface area contributed by atoms with Crippen molar-refractivity contribution in [2.75, 3.05) is 5.32 Å². The molecule has 3 aromatic rings. The van der Waals surface area contributed by atoms with Crippen molar-refractivity contribution >= 4 is 23.1 Å². The van der Waals surface area contributed by atoms with Gasteiger partial charge < -0.3 is 5.32 Å². The lowest BCUT2D eigenvalue weighted by molar-refractivity contribution is 0.0938. The molecule has 1 aliphatic heterocycles. The summed E-state index contributed by atoms with van der Waals surface area (Å²) in [5.74, 6) is 0.624. The zero-order valence-corrected chi connectivity index (χ0v) is 15.8. The molecule has 3 atom stereocenters. The van der Waals surface area contributed by atoms with Crippen LogP contribution in [0.4, 0.5) is 5.69 Å². The third kappa shape index (κ3) is 2.67. The van der Waals surface area contributed by atoms with E-state index in [0.29, 0.717) is 10.6 Å². The fourth-order valence-electron chi connectivity index (χ4n) is 4.73. The number of fused-ring (bicyclic) bond motifs is 5. The van der Waals surface area contributed by atoms with Gasteiger partial charge in [-0.25, -0.2) is 0 Å². The first-order valence-corrected chi connectivity index (χ1v) is 9.74. The van der Waals surface area contributed by atoms with Gasteiger partial charge in [0.25, 0.3) is 0 Å². The summed E-state index contributed by atoms with van der Waals surface area (Å²) in [5, 5.41) is 4.21. The highest BCUT2D eigenvalue weighted by Gasteiger charge is 2.45. The van der Waals surface area contributed by atoms with Crippen molar-refractivity contribution in [1.82, 2.24) is 0 Å². The van der Waals surface area contributed by atoms with Gasteiger partial charge in [0.1, 0.15) is 0 Å². The van der Waals surface area contributed by atoms with E-state index in [2.05, 4.69) is 54.7 Å².